The number of aryl methyl sites for hydroxylation is 1. The first-order valence-corrected chi connectivity index (χ1v) is 10.6. The summed E-state index contributed by atoms with van der Waals surface area (Å²) in [7, 11) is 3.72. The molecule has 2 N–H and O–H groups in total. The molecule has 7 nitrogen and oxygen atoms in total. The number of piperazine rings is 1. The highest BCUT2D eigenvalue weighted by Crippen LogP contribution is 2.22. The molecule has 0 spiro atoms. The van der Waals surface area contributed by atoms with Gasteiger partial charge in [0, 0.05) is 39.3 Å². The number of hydrogen-bond acceptors (Lipinski definition) is 5. The fourth-order valence-corrected chi connectivity index (χ4v) is 3.66. The quantitative estimate of drug-likeness (QED) is 0.663. The highest BCUT2D eigenvalue weighted by molar-refractivity contribution is 6.35. The van der Waals surface area contributed by atoms with Gasteiger partial charge in [-0.1, -0.05) is 42.0 Å². The number of carbonyl (C=O) groups is 2. The van der Waals surface area contributed by atoms with E-state index in [1.54, 1.807) is 7.11 Å². The van der Waals surface area contributed by atoms with Crippen LogP contribution in [0.25, 0.3) is 0 Å². The number of amides is 2. The van der Waals surface area contributed by atoms with Gasteiger partial charge in [0.25, 0.3) is 0 Å². The van der Waals surface area contributed by atoms with Gasteiger partial charge in [0.15, 0.2) is 0 Å². The van der Waals surface area contributed by atoms with Crippen LogP contribution in [0.5, 0.6) is 5.75 Å². The van der Waals surface area contributed by atoms with E-state index >= 15 is 0 Å². The van der Waals surface area contributed by atoms with E-state index in [4.69, 9.17) is 4.74 Å². The lowest BCUT2D eigenvalue weighted by Gasteiger charge is -2.38. The molecule has 0 bridgehead atoms. The lowest BCUT2D eigenvalue weighted by Crippen LogP contribution is -2.49. The zero-order valence-corrected chi connectivity index (χ0v) is 18.6. The van der Waals surface area contributed by atoms with Crippen molar-refractivity contribution in [3.05, 3.63) is 65.2 Å². The number of methoxy groups -OCH3 is 1. The van der Waals surface area contributed by atoms with Crippen molar-refractivity contribution in [1.82, 2.24) is 20.4 Å². The molecular weight excluding hydrogens is 392 g/mol. The fourth-order valence-electron chi connectivity index (χ4n) is 3.66. The van der Waals surface area contributed by atoms with Crippen molar-refractivity contribution in [1.29, 1.82) is 0 Å². The summed E-state index contributed by atoms with van der Waals surface area (Å²) in [6.07, 6.45) is 0. The van der Waals surface area contributed by atoms with Gasteiger partial charge in [0.2, 0.25) is 0 Å². The predicted molar refractivity (Wildman–Crippen MR) is 121 cm³/mol. The highest BCUT2D eigenvalue weighted by Gasteiger charge is 2.25. The summed E-state index contributed by atoms with van der Waals surface area (Å²) in [5.74, 6) is -0.490. The number of rotatable bonds is 7. The zero-order chi connectivity index (χ0) is 22.2. The molecule has 7 heteroatoms. The van der Waals surface area contributed by atoms with Crippen LogP contribution in [-0.4, -0.2) is 68.5 Å². The average molecular weight is 425 g/mol. The Labute approximate surface area is 184 Å². The Morgan fingerprint density at radius 2 is 1.55 bits per heavy atom. The van der Waals surface area contributed by atoms with Gasteiger partial charge in [-0.2, -0.15) is 0 Å². The molecule has 31 heavy (non-hydrogen) atoms. The van der Waals surface area contributed by atoms with E-state index in [-0.39, 0.29) is 12.6 Å². The Balaban J connectivity index is 1.56. The Kier molecular flexibility index (Phi) is 8.03. The molecule has 0 aliphatic carbocycles. The largest absolute Gasteiger partial charge is 0.497 e. The Hall–Kier alpha value is -2.90. The van der Waals surface area contributed by atoms with E-state index in [9.17, 15) is 9.59 Å². The standard InChI is InChI=1S/C24H32N4O3/c1-18-4-8-20(9-5-18)22(28-14-12-27(2)13-15-28)17-26-24(30)23(29)25-16-19-6-10-21(31-3)11-7-19/h4-11,22H,12-17H2,1-3H3,(H,25,29)(H,26,30)/t22-/m0/s1. The van der Waals surface area contributed by atoms with Gasteiger partial charge in [0.05, 0.1) is 13.2 Å². The summed E-state index contributed by atoms with van der Waals surface area (Å²) in [6.45, 7) is 6.56. The second-order valence-electron chi connectivity index (χ2n) is 8.01. The lowest BCUT2D eigenvalue weighted by molar-refractivity contribution is -0.139. The lowest BCUT2D eigenvalue weighted by atomic mass is 10.0. The first kappa shape index (κ1) is 22.8. The third kappa shape index (κ3) is 6.54. The van der Waals surface area contributed by atoms with Gasteiger partial charge in [-0.15, -0.1) is 0 Å². The minimum absolute atomic E-state index is 0.0349. The maximum Gasteiger partial charge on any atom is 0.309 e. The maximum atomic E-state index is 12.4. The van der Waals surface area contributed by atoms with Crippen LogP contribution in [0.2, 0.25) is 0 Å². The van der Waals surface area contributed by atoms with Gasteiger partial charge in [-0.3, -0.25) is 14.5 Å². The molecule has 1 aliphatic heterocycles. The van der Waals surface area contributed by atoms with Crippen LogP contribution in [0.4, 0.5) is 0 Å². The molecule has 166 valence electrons. The van der Waals surface area contributed by atoms with E-state index in [2.05, 4.69) is 58.7 Å². The van der Waals surface area contributed by atoms with E-state index < -0.39 is 11.8 Å². The van der Waals surface area contributed by atoms with Gasteiger partial charge >= 0.3 is 11.8 Å². The smallest absolute Gasteiger partial charge is 0.309 e. The van der Waals surface area contributed by atoms with Crippen molar-refractivity contribution in [2.75, 3.05) is 46.9 Å². The predicted octanol–water partition coefficient (Wildman–Crippen LogP) is 1.72. The molecule has 0 aromatic heterocycles. The minimum Gasteiger partial charge on any atom is -0.497 e. The van der Waals surface area contributed by atoms with Gasteiger partial charge in [-0.25, -0.2) is 0 Å². The van der Waals surface area contributed by atoms with Crippen LogP contribution in [0.15, 0.2) is 48.5 Å². The Bertz CT molecular complexity index is 859. The molecule has 0 saturated carbocycles. The molecule has 1 heterocycles. The second-order valence-corrected chi connectivity index (χ2v) is 8.01. The summed E-state index contributed by atoms with van der Waals surface area (Å²) in [4.78, 5) is 29.4. The average Bonchev–Trinajstić information content (AvgIpc) is 2.80. The number of ether oxygens (including phenoxy) is 1. The van der Waals surface area contributed by atoms with Crippen molar-refractivity contribution >= 4 is 11.8 Å². The van der Waals surface area contributed by atoms with Gasteiger partial charge in [-0.05, 0) is 37.2 Å². The van der Waals surface area contributed by atoms with Crippen molar-refractivity contribution in [3.8, 4) is 5.75 Å². The molecule has 2 aromatic carbocycles. The SMILES string of the molecule is COc1ccc(CNC(=O)C(=O)NC[C@@H](c2ccc(C)cc2)N2CCN(C)CC2)cc1. The maximum absolute atomic E-state index is 12.4. The van der Waals surface area contributed by atoms with Crippen LogP contribution in [0, 0.1) is 6.92 Å². The Morgan fingerprint density at radius 1 is 0.935 bits per heavy atom. The molecule has 2 amide bonds. The first-order chi connectivity index (χ1) is 15.0. The van der Waals surface area contributed by atoms with Crippen LogP contribution >= 0.6 is 0 Å². The first-order valence-electron chi connectivity index (χ1n) is 10.6. The number of nitrogens with zero attached hydrogens (tertiary/aromatic N) is 2. The van der Waals surface area contributed by atoms with Crippen molar-refractivity contribution in [2.45, 2.75) is 19.5 Å². The molecule has 0 unspecified atom stereocenters. The molecule has 2 aromatic rings. The fraction of sp³-hybridized carbons (Fsp3) is 0.417. The summed E-state index contributed by atoms with van der Waals surface area (Å²) in [5.41, 5.74) is 3.24. The van der Waals surface area contributed by atoms with E-state index in [1.807, 2.05) is 24.3 Å². The van der Waals surface area contributed by atoms with Crippen molar-refractivity contribution < 1.29 is 14.3 Å². The normalized spacial score (nSPS) is 15.8. The van der Waals surface area contributed by atoms with E-state index in [0.29, 0.717) is 6.54 Å². The van der Waals surface area contributed by atoms with E-state index in [1.165, 1.54) is 5.56 Å². The monoisotopic (exact) mass is 424 g/mol. The summed E-state index contributed by atoms with van der Waals surface area (Å²) in [5, 5.41) is 5.51. The highest BCUT2D eigenvalue weighted by atomic mass is 16.5. The third-order valence-electron chi connectivity index (χ3n) is 5.72. The van der Waals surface area contributed by atoms with Crippen LogP contribution < -0.4 is 15.4 Å². The number of hydrogen-bond donors (Lipinski definition) is 2. The van der Waals surface area contributed by atoms with E-state index in [0.717, 1.165) is 43.1 Å². The molecule has 1 atom stereocenters. The summed E-state index contributed by atoms with van der Waals surface area (Å²) in [6, 6.07) is 15.8. The third-order valence-corrected chi connectivity index (χ3v) is 5.72. The summed E-state index contributed by atoms with van der Waals surface area (Å²) < 4.78 is 5.13. The van der Waals surface area contributed by atoms with Crippen LogP contribution in [0.3, 0.4) is 0 Å². The topological polar surface area (TPSA) is 73.9 Å². The van der Waals surface area contributed by atoms with Crippen molar-refractivity contribution in [3.63, 3.8) is 0 Å². The number of likely N-dealkylation sites (N-methyl/N-ethyl adjacent to an activating group) is 1. The summed E-state index contributed by atoms with van der Waals surface area (Å²) >= 11 is 0. The minimum atomic E-state index is -0.628. The van der Waals surface area contributed by atoms with Crippen molar-refractivity contribution in [2.24, 2.45) is 0 Å². The molecule has 1 aliphatic rings. The zero-order valence-electron chi connectivity index (χ0n) is 18.6. The second kappa shape index (κ2) is 10.9. The molecule has 3 rings (SSSR count). The molecule has 1 fully saturated rings. The van der Waals surface area contributed by atoms with Gasteiger partial charge in [0.1, 0.15) is 5.75 Å². The number of carbonyl (C=O) groups excluding carboxylic acids is 2. The van der Waals surface area contributed by atoms with Crippen LogP contribution in [0.1, 0.15) is 22.7 Å². The molecule has 1 saturated heterocycles. The van der Waals surface area contributed by atoms with Crippen LogP contribution in [-0.2, 0) is 16.1 Å². The molecule has 0 radical (unpaired) electrons. The Morgan fingerprint density at radius 3 is 2.16 bits per heavy atom. The molecular formula is C24H32N4O3. The number of nitrogens with one attached hydrogen (secondary N) is 2. The van der Waals surface area contributed by atoms with Gasteiger partial charge < -0.3 is 20.3 Å². The number of benzene rings is 2.